The Labute approximate surface area is 133 Å². The van der Waals surface area contributed by atoms with Crippen molar-refractivity contribution >= 4 is 12.1 Å². The van der Waals surface area contributed by atoms with Gasteiger partial charge in [-0.25, -0.2) is 15.1 Å². The first-order valence-electron chi connectivity index (χ1n) is 7.49. The summed E-state index contributed by atoms with van der Waals surface area (Å²) in [5.41, 5.74) is 1.75. The van der Waals surface area contributed by atoms with E-state index in [9.17, 15) is 4.79 Å². The van der Waals surface area contributed by atoms with Gasteiger partial charge < -0.3 is 14.2 Å². The number of alkyl carbamates (subject to hydrolysis) is 1. The van der Waals surface area contributed by atoms with Gasteiger partial charge in [0.05, 0.1) is 6.61 Å². The fraction of sp³-hybridized carbons (Fsp3) is 0.438. The number of carbonyl (C=O) groups is 1. The van der Waals surface area contributed by atoms with Crippen LogP contribution in [0.2, 0.25) is 0 Å². The molecular formula is C16H17N3O4. The number of nitrogens with one attached hydrogen (secondary N) is 1. The van der Waals surface area contributed by atoms with Crippen LogP contribution in [0.5, 0.6) is 5.75 Å². The highest BCUT2D eigenvalue weighted by molar-refractivity contribution is 5.91. The van der Waals surface area contributed by atoms with E-state index in [-0.39, 0.29) is 11.6 Å². The van der Waals surface area contributed by atoms with Crippen LogP contribution in [0.15, 0.2) is 23.2 Å². The largest absolute Gasteiger partial charge is 0.462 e. The summed E-state index contributed by atoms with van der Waals surface area (Å²) in [4.78, 5) is 16.0. The second-order valence-corrected chi connectivity index (χ2v) is 5.54. The Balaban J connectivity index is 1.77. The van der Waals surface area contributed by atoms with Gasteiger partial charge in [-0.05, 0) is 37.0 Å². The van der Waals surface area contributed by atoms with Gasteiger partial charge in [-0.1, -0.05) is 12.1 Å². The SMILES string of the molecule is CCOC(=O)NC1=NC2(CCc3c(cccc3OC#N)C2)CO1. The van der Waals surface area contributed by atoms with Gasteiger partial charge >= 0.3 is 6.09 Å². The Kier molecular flexibility index (Phi) is 4.06. The third-order valence-corrected chi connectivity index (χ3v) is 4.05. The molecule has 1 spiro atoms. The first kappa shape index (κ1) is 15.2. The van der Waals surface area contributed by atoms with E-state index in [2.05, 4.69) is 10.3 Å². The highest BCUT2D eigenvalue weighted by Crippen LogP contribution is 2.38. The summed E-state index contributed by atoms with van der Waals surface area (Å²) in [6.45, 7) is 2.44. The standard InChI is InChI=1S/C16H17N3O4/c1-2-21-15(20)18-14-19-16(9-22-14)7-6-12-11(8-16)4-3-5-13(12)23-10-17/h3-5H,2,6-9H2,1H3,(H,18,19,20). The zero-order valence-electron chi connectivity index (χ0n) is 12.8. The first-order valence-corrected chi connectivity index (χ1v) is 7.49. The number of nitrogens with zero attached hydrogens (tertiary/aromatic N) is 2. The van der Waals surface area contributed by atoms with E-state index in [1.54, 1.807) is 19.2 Å². The maximum absolute atomic E-state index is 11.4. The van der Waals surface area contributed by atoms with Crippen LogP contribution in [0.3, 0.4) is 0 Å². The molecular weight excluding hydrogens is 298 g/mol. The van der Waals surface area contributed by atoms with E-state index in [0.717, 1.165) is 24.0 Å². The predicted molar refractivity (Wildman–Crippen MR) is 81.0 cm³/mol. The van der Waals surface area contributed by atoms with Crippen LogP contribution < -0.4 is 10.1 Å². The highest BCUT2D eigenvalue weighted by Gasteiger charge is 2.41. The highest BCUT2D eigenvalue weighted by atomic mass is 16.6. The maximum atomic E-state index is 11.4. The minimum Gasteiger partial charge on any atom is -0.462 e. The molecule has 0 saturated carbocycles. The van der Waals surface area contributed by atoms with Gasteiger partial charge in [-0.15, -0.1) is 5.26 Å². The topological polar surface area (TPSA) is 92.9 Å². The second-order valence-electron chi connectivity index (χ2n) is 5.54. The Morgan fingerprint density at radius 1 is 1.57 bits per heavy atom. The van der Waals surface area contributed by atoms with Crippen LogP contribution in [0, 0.1) is 11.5 Å². The van der Waals surface area contributed by atoms with Crippen molar-refractivity contribution in [1.82, 2.24) is 5.32 Å². The first-order chi connectivity index (χ1) is 11.2. The van der Waals surface area contributed by atoms with Gasteiger partial charge in [-0.3, -0.25) is 0 Å². The van der Waals surface area contributed by atoms with Gasteiger partial charge in [0.15, 0.2) is 0 Å². The van der Waals surface area contributed by atoms with Gasteiger partial charge in [0, 0.05) is 6.42 Å². The fourth-order valence-corrected chi connectivity index (χ4v) is 3.03. The lowest BCUT2D eigenvalue weighted by Crippen LogP contribution is -2.35. The Bertz CT molecular complexity index is 695. The predicted octanol–water partition coefficient (Wildman–Crippen LogP) is 1.91. The summed E-state index contributed by atoms with van der Waals surface area (Å²) in [5.74, 6) is 0.604. The van der Waals surface area contributed by atoms with Crippen molar-refractivity contribution < 1.29 is 19.0 Å². The van der Waals surface area contributed by atoms with Gasteiger partial charge in [0.25, 0.3) is 12.3 Å². The lowest BCUT2D eigenvalue weighted by atomic mass is 9.79. The van der Waals surface area contributed by atoms with E-state index < -0.39 is 6.09 Å². The van der Waals surface area contributed by atoms with Crippen LogP contribution in [0.4, 0.5) is 4.79 Å². The van der Waals surface area contributed by atoms with E-state index in [1.165, 1.54) is 0 Å². The minimum atomic E-state index is -0.566. The molecule has 0 radical (unpaired) electrons. The summed E-state index contributed by atoms with van der Waals surface area (Å²) >= 11 is 0. The normalized spacial score (nSPS) is 21.7. The molecule has 1 heterocycles. The summed E-state index contributed by atoms with van der Waals surface area (Å²) in [5, 5.41) is 11.2. The third-order valence-electron chi connectivity index (χ3n) is 4.05. The molecule has 1 aromatic rings. The third kappa shape index (κ3) is 3.06. The molecule has 1 aromatic carbocycles. The van der Waals surface area contributed by atoms with Gasteiger partial charge in [-0.2, -0.15) is 0 Å². The zero-order valence-corrected chi connectivity index (χ0v) is 12.8. The average Bonchev–Trinajstić information content (AvgIpc) is 2.90. The number of amidine groups is 1. The maximum Gasteiger partial charge on any atom is 0.415 e. The molecule has 0 bridgehead atoms. The summed E-state index contributed by atoms with van der Waals surface area (Å²) in [6.07, 6.45) is 3.34. The fourth-order valence-electron chi connectivity index (χ4n) is 3.03. The number of ether oxygens (including phenoxy) is 3. The van der Waals surface area contributed by atoms with Crippen molar-refractivity contribution in [3.63, 3.8) is 0 Å². The molecule has 1 atom stereocenters. The van der Waals surface area contributed by atoms with Gasteiger partial charge in [0.1, 0.15) is 17.9 Å². The van der Waals surface area contributed by atoms with E-state index in [1.807, 2.05) is 12.1 Å². The molecule has 1 aliphatic heterocycles. The second kappa shape index (κ2) is 6.16. The average molecular weight is 315 g/mol. The zero-order chi connectivity index (χ0) is 16.3. The molecule has 7 nitrogen and oxygen atoms in total. The van der Waals surface area contributed by atoms with Crippen molar-refractivity contribution in [2.45, 2.75) is 31.7 Å². The number of hydrogen-bond donors (Lipinski definition) is 1. The Morgan fingerprint density at radius 3 is 3.22 bits per heavy atom. The molecule has 7 heteroatoms. The smallest absolute Gasteiger partial charge is 0.415 e. The van der Waals surface area contributed by atoms with Crippen molar-refractivity contribution in [1.29, 1.82) is 5.26 Å². The van der Waals surface area contributed by atoms with Crippen molar-refractivity contribution in [2.75, 3.05) is 13.2 Å². The number of rotatable bonds is 2. The number of hydrogen-bond acceptors (Lipinski definition) is 6. The van der Waals surface area contributed by atoms with Crippen LogP contribution in [-0.4, -0.2) is 30.9 Å². The molecule has 0 aromatic heterocycles. The number of fused-ring (bicyclic) bond motifs is 1. The molecule has 0 fully saturated rings. The van der Waals surface area contributed by atoms with Crippen LogP contribution in [0.25, 0.3) is 0 Å². The van der Waals surface area contributed by atoms with Crippen molar-refractivity contribution in [2.24, 2.45) is 4.99 Å². The Hall–Kier alpha value is -2.75. The lowest BCUT2D eigenvalue weighted by molar-refractivity contribution is 0.154. The number of nitriles is 1. The molecule has 0 saturated heterocycles. The number of amides is 1. The van der Waals surface area contributed by atoms with Crippen LogP contribution >= 0.6 is 0 Å². The molecule has 1 amide bonds. The molecule has 1 unspecified atom stereocenters. The molecule has 1 N–H and O–H groups in total. The summed E-state index contributed by atoms with van der Waals surface area (Å²) in [6, 6.07) is 5.87. The quantitative estimate of drug-likeness (QED) is 0.841. The van der Waals surface area contributed by atoms with Gasteiger partial charge in [0.2, 0.25) is 0 Å². The number of benzene rings is 1. The number of carbonyl (C=O) groups excluding carboxylic acids is 1. The van der Waals surface area contributed by atoms with Crippen LogP contribution in [-0.2, 0) is 22.3 Å². The van der Waals surface area contributed by atoms with Crippen molar-refractivity contribution in [3.05, 3.63) is 29.3 Å². The van der Waals surface area contributed by atoms with E-state index in [4.69, 9.17) is 19.5 Å². The van der Waals surface area contributed by atoms with E-state index >= 15 is 0 Å². The van der Waals surface area contributed by atoms with E-state index in [0.29, 0.717) is 25.4 Å². The lowest BCUT2D eigenvalue weighted by Gasteiger charge is -2.30. The van der Waals surface area contributed by atoms with Crippen LogP contribution in [0.1, 0.15) is 24.5 Å². The molecule has 3 rings (SSSR count). The summed E-state index contributed by atoms with van der Waals surface area (Å²) in [7, 11) is 0. The number of aliphatic imine (C=N–C) groups is 1. The minimum absolute atomic E-state index is 0.205. The molecule has 23 heavy (non-hydrogen) atoms. The Morgan fingerprint density at radius 2 is 2.43 bits per heavy atom. The molecule has 120 valence electrons. The monoisotopic (exact) mass is 315 g/mol. The molecule has 2 aliphatic rings. The summed E-state index contributed by atoms with van der Waals surface area (Å²) < 4.78 is 15.4. The van der Waals surface area contributed by atoms with Crippen molar-refractivity contribution in [3.8, 4) is 12.0 Å². The molecule has 1 aliphatic carbocycles.